The third kappa shape index (κ3) is 3.93. The van der Waals surface area contributed by atoms with Gasteiger partial charge in [0.05, 0.1) is 0 Å². The van der Waals surface area contributed by atoms with Gasteiger partial charge in [-0.1, -0.05) is 19.3 Å². The van der Waals surface area contributed by atoms with Gasteiger partial charge >= 0.3 is 0 Å². The van der Waals surface area contributed by atoms with Crippen LogP contribution in [-0.4, -0.2) is 25.6 Å². The van der Waals surface area contributed by atoms with Gasteiger partial charge in [-0.2, -0.15) is 0 Å². The third-order valence-electron chi connectivity index (χ3n) is 4.35. The highest BCUT2D eigenvalue weighted by molar-refractivity contribution is 5.41. The van der Waals surface area contributed by atoms with E-state index in [0.717, 1.165) is 18.3 Å². The minimum Gasteiger partial charge on any atom is -0.359 e. The van der Waals surface area contributed by atoms with E-state index in [2.05, 4.69) is 41.3 Å². The molecule has 1 aromatic heterocycles. The Labute approximate surface area is 117 Å². The van der Waals surface area contributed by atoms with E-state index in [0.29, 0.717) is 6.04 Å². The second kappa shape index (κ2) is 6.90. The van der Waals surface area contributed by atoms with E-state index in [1.807, 2.05) is 13.2 Å². The van der Waals surface area contributed by atoms with E-state index in [9.17, 15) is 0 Å². The predicted molar refractivity (Wildman–Crippen MR) is 81.6 cm³/mol. The molecule has 1 aliphatic rings. The van der Waals surface area contributed by atoms with Crippen LogP contribution in [0.1, 0.15) is 50.6 Å². The molecular weight excluding hydrogens is 234 g/mol. The zero-order valence-electron chi connectivity index (χ0n) is 12.5. The van der Waals surface area contributed by atoms with Crippen LogP contribution in [0, 0.1) is 5.92 Å². The van der Waals surface area contributed by atoms with Crippen LogP contribution in [0.15, 0.2) is 18.3 Å². The summed E-state index contributed by atoms with van der Waals surface area (Å²) in [4.78, 5) is 6.84. The summed E-state index contributed by atoms with van der Waals surface area (Å²) in [5.41, 5.74) is 1.31. The van der Waals surface area contributed by atoms with Gasteiger partial charge in [-0.15, -0.1) is 0 Å². The fraction of sp³-hybridized carbons (Fsp3) is 0.688. The number of hydrogen-bond donors (Lipinski definition) is 1. The van der Waals surface area contributed by atoms with Gasteiger partial charge in [0.15, 0.2) is 0 Å². The highest BCUT2D eigenvalue weighted by Gasteiger charge is 2.16. The van der Waals surface area contributed by atoms with Crippen LogP contribution in [0.4, 0.5) is 5.82 Å². The number of aromatic nitrogens is 1. The topological polar surface area (TPSA) is 28.2 Å². The predicted octanol–water partition coefficient (Wildman–Crippen LogP) is 3.38. The molecule has 0 radical (unpaired) electrons. The summed E-state index contributed by atoms with van der Waals surface area (Å²) in [7, 11) is 4.17. The summed E-state index contributed by atoms with van der Waals surface area (Å²) in [6.45, 7) is 3.32. The van der Waals surface area contributed by atoms with Crippen molar-refractivity contribution in [3.63, 3.8) is 0 Å². The van der Waals surface area contributed by atoms with Crippen LogP contribution in [0.2, 0.25) is 0 Å². The summed E-state index contributed by atoms with van der Waals surface area (Å²) < 4.78 is 0. The molecule has 106 valence electrons. The average Bonchev–Trinajstić information content (AvgIpc) is 2.47. The number of hydrogen-bond acceptors (Lipinski definition) is 3. The highest BCUT2D eigenvalue weighted by atomic mass is 15.2. The molecule has 19 heavy (non-hydrogen) atoms. The maximum Gasteiger partial charge on any atom is 0.128 e. The molecule has 1 saturated carbocycles. The van der Waals surface area contributed by atoms with Crippen LogP contribution in [0.3, 0.4) is 0 Å². The molecule has 1 atom stereocenters. The van der Waals surface area contributed by atoms with Gasteiger partial charge in [-0.05, 0) is 50.4 Å². The summed E-state index contributed by atoms with van der Waals surface area (Å²) in [6, 6.07) is 4.69. The zero-order valence-corrected chi connectivity index (χ0v) is 12.5. The number of nitrogens with one attached hydrogen (secondary N) is 1. The molecule has 0 aromatic carbocycles. The lowest BCUT2D eigenvalue weighted by Gasteiger charge is -2.28. The van der Waals surface area contributed by atoms with Crippen LogP contribution in [0.5, 0.6) is 0 Å². The van der Waals surface area contributed by atoms with Gasteiger partial charge in [-0.3, -0.25) is 0 Å². The largest absolute Gasteiger partial charge is 0.359 e. The molecule has 3 heteroatoms. The minimum atomic E-state index is 0.379. The normalized spacial score (nSPS) is 18.3. The first-order valence-electron chi connectivity index (χ1n) is 7.55. The molecule has 3 nitrogen and oxygen atoms in total. The molecule has 0 saturated heterocycles. The maximum atomic E-state index is 4.52. The smallest absolute Gasteiger partial charge is 0.128 e. The van der Waals surface area contributed by atoms with Gasteiger partial charge in [0.2, 0.25) is 0 Å². The van der Waals surface area contributed by atoms with Crippen LogP contribution in [-0.2, 0) is 0 Å². The quantitative estimate of drug-likeness (QED) is 0.880. The first-order chi connectivity index (χ1) is 9.20. The van der Waals surface area contributed by atoms with Gasteiger partial charge in [-0.25, -0.2) is 4.98 Å². The standard InChI is InChI=1S/C16H27N3/c1-13(17-2)15-9-10-18-16(11-15)19(3)12-14-7-5-4-6-8-14/h9-11,13-14,17H,4-8,12H2,1-3H3. The van der Waals surface area contributed by atoms with E-state index in [1.54, 1.807) is 0 Å². The number of nitrogens with zero attached hydrogens (tertiary/aromatic N) is 2. The van der Waals surface area contributed by atoms with E-state index >= 15 is 0 Å². The first-order valence-corrected chi connectivity index (χ1v) is 7.55. The Balaban J connectivity index is 1.99. The van der Waals surface area contributed by atoms with Gasteiger partial charge < -0.3 is 10.2 Å². The van der Waals surface area contributed by atoms with Crippen LogP contribution in [0.25, 0.3) is 0 Å². The molecule has 1 aromatic rings. The van der Waals surface area contributed by atoms with Crippen LogP contribution >= 0.6 is 0 Å². The molecule has 2 rings (SSSR count). The Morgan fingerprint density at radius 1 is 1.37 bits per heavy atom. The number of pyridine rings is 1. The second-order valence-corrected chi connectivity index (χ2v) is 5.84. The average molecular weight is 261 g/mol. The molecular formula is C16H27N3. The molecule has 1 aliphatic carbocycles. The van der Waals surface area contributed by atoms with Crippen molar-refractivity contribution in [2.24, 2.45) is 5.92 Å². The Kier molecular flexibility index (Phi) is 5.20. The van der Waals surface area contributed by atoms with E-state index in [-0.39, 0.29) is 0 Å². The summed E-state index contributed by atoms with van der Waals surface area (Å²) in [5, 5.41) is 3.28. The number of anilines is 1. The Hall–Kier alpha value is -1.09. The third-order valence-corrected chi connectivity index (χ3v) is 4.35. The Morgan fingerprint density at radius 3 is 2.79 bits per heavy atom. The molecule has 0 bridgehead atoms. The van der Waals surface area contributed by atoms with Gasteiger partial charge in [0.25, 0.3) is 0 Å². The number of rotatable bonds is 5. The van der Waals surface area contributed by atoms with Crippen molar-refractivity contribution in [3.8, 4) is 0 Å². The van der Waals surface area contributed by atoms with Gasteiger partial charge in [0.1, 0.15) is 5.82 Å². The molecule has 1 unspecified atom stereocenters. The second-order valence-electron chi connectivity index (χ2n) is 5.84. The van der Waals surface area contributed by atoms with Crippen molar-refractivity contribution in [2.45, 2.75) is 45.1 Å². The molecule has 1 fully saturated rings. The fourth-order valence-corrected chi connectivity index (χ4v) is 2.93. The lowest BCUT2D eigenvalue weighted by Crippen LogP contribution is -2.27. The fourth-order valence-electron chi connectivity index (χ4n) is 2.93. The summed E-state index contributed by atoms with van der Waals surface area (Å²) in [5.74, 6) is 1.95. The monoisotopic (exact) mass is 261 g/mol. The van der Waals surface area contributed by atoms with Crippen LogP contribution < -0.4 is 10.2 Å². The van der Waals surface area contributed by atoms with Crippen molar-refractivity contribution >= 4 is 5.82 Å². The minimum absolute atomic E-state index is 0.379. The molecule has 0 aliphatic heterocycles. The maximum absolute atomic E-state index is 4.52. The van der Waals surface area contributed by atoms with E-state index in [1.165, 1.54) is 37.7 Å². The van der Waals surface area contributed by atoms with Crippen molar-refractivity contribution < 1.29 is 0 Å². The molecule has 0 spiro atoms. The molecule has 1 N–H and O–H groups in total. The first kappa shape index (κ1) is 14.3. The zero-order chi connectivity index (χ0) is 13.7. The van der Waals surface area contributed by atoms with Crippen molar-refractivity contribution in [1.29, 1.82) is 0 Å². The van der Waals surface area contributed by atoms with Crippen molar-refractivity contribution in [3.05, 3.63) is 23.9 Å². The lowest BCUT2D eigenvalue weighted by atomic mass is 9.89. The summed E-state index contributed by atoms with van der Waals surface area (Å²) >= 11 is 0. The van der Waals surface area contributed by atoms with Crippen molar-refractivity contribution in [1.82, 2.24) is 10.3 Å². The molecule has 0 amide bonds. The molecule has 1 heterocycles. The SMILES string of the molecule is CNC(C)c1ccnc(N(C)CC2CCCCC2)c1. The Morgan fingerprint density at radius 2 is 2.11 bits per heavy atom. The van der Waals surface area contributed by atoms with Crippen molar-refractivity contribution in [2.75, 3.05) is 25.5 Å². The summed E-state index contributed by atoms with van der Waals surface area (Å²) in [6.07, 6.45) is 8.93. The highest BCUT2D eigenvalue weighted by Crippen LogP contribution is 2.26. The van der Waals surface area contributed by atoms with E-state index < -0.39 is 0 Å². The van der Waals surface area contributed by atoms with Gasteiger partial charge in [0, 0.05) is 25.8 Å². The lowest BCUT2D eigenvalue weighted by molar-refractivity contribution is 0.361. The van der Waals surface area contributed by atoms with E-state index in [4.69, 9.17) is 0 Å². The Bertz CT molecular complexity index is 385.